The number of amides is 4. The van der Waals surface area contributed by atoms with Gasteiger partial charge >= 0.3 is 6.03 Å². The van der Waals surface area contributed by atoms with Crippen molar-refractivity contribution in [3.8, 4) is 17.2 Å². The number of nitrogens with one attached hydrogen (secondary N) is 1. The molecule has 1 aliphatic rings. The fraction of sp³-hybridized carbons (Fsp3) is 0.115. The number of carbonyl (C=O) groups is 3. The van der Waals surface area contributed by atoms with Crippen molar-refractivity contribution < 1.29 is 28.6 Å². The van der Waals surface area contributed by atoms with Gasteiger partial charge in [0.25, 0.3) is 11.8 Å². The topological polar surface area (TPSA) is 94.2 Å². The largest absolute Gasteiger partial charge is 0.493 e. The maximum Gasteiger partial charge on any atom is 0.335 e. The normalized spacial score (nSPS) is 14.6. The summed E-state index contributed by atoms with van der Waals surface area (Å²) in [6.07, 6.45) is 1.40. The number of benzene rings is 3. The van der Waals surface area contributed by atoms with Crippen molar-refractivity contribution in [2.24, 2.45) is 0 Å². The fourth-order valence-electron chi connectivity index (χ4n) is 3.37. The van der Waals surface area contributed by atoms with E-state index in [0.717, 1.165) is 15.1 Å². The summed E-state index contributed by atoms with van der Waals surface area (Å²) in [6, 6.07) is 20.2. The average Bonchev–Trinajstić information content (AvgIpc) is 2.86. The fourth-order valence-corrected chi connectivity index (χ4v) is 3.63. The minimum atomic E-state index is -0.807. The number of anilines is 1. The third-order valence-corrected chi connectivity index (χ3v) is 5.57. The van der Waals surface area contributed by atoms with E-state index < -0.39 is 17.8 Å². The van der Waals surface area contributed by atoms with Crippen molar-refractivity contribution in [2.75, 3.05) is 25.2 Å². The number of carbonyl (C=O) groups excluding carboxylic acids is 3. The first kappa shape index (κ1) is 24.0. The van der Waals surface area contributed by atoms with E-state index >= 15 is 0 Å². The van der Waals surface area contributed by atoms with E-state index in [1.165, 1.54) is 13.2 Å². The first-order valence-corrected chi connectivity index (χ1v) is 11.4. The molecular formula is C26H21BrN2O6. The van der Waals surface area contributed by atoms with Gasteiger partial charge in [-0.25, -0.2) is 9.69 Å². The number of rotatable bonds is 8. The Morgan fingerprint density at radius 3 is 2.31 bits per heavy atom. The Hall–Kier alpha value is -4.11. The van der Waals surface area contributed by atoms with Crippen LogP contribution >= 0.6 is 15.9 Å². The second-order valence-corrected chi connectivity index (χ2v) is 8.27. The maximum atomic E-state index is 13.0. The summed E-state index contributed by atoms with van der Waals surface area (Å²) < 4.78 is 17.6. The van der Waals surface area contributed by atoms with E-state index in [2.05, 4.69) is 21.2 Å². The molecule has 0 bridgehead atoms. The molecule has 3 aromatic rings. The molecule has 1 N–H and O–H groups in total. The number of para-hydroxylation sites is 1. The van der Waals surface area contributed by atoms with Gasteiger partial charge in [-0.05, 0) is 60.2 Å². The second kappa shape index (κ2) is 10.9. The first-order chi connectivity index (χ1) is 17.0. The smallest absolute Gasteiger partial charge is 0.335 e. The Balaban J connectivity index is 1.49. The summed E-state index contributed by atoms with van der Waals surface area (Å²) in [6.45, 7) is 0.629. The van der Waals surface area contributed by atoms with Crippen molar-refractivity contribution in [3.05, 3.63) is 88.4 Å². The molecule has 1 heterocycles. The summed E-state index contributed by atoms with van der Waals surface area (Å²) >= 11 is 3.32. The van der Waals surface area contributed by atoms with Gasteiger partial charge in [0.2, 0.25) is 0 Å². The van der Waals surface area contributed by atoms with Gasteiger partial charge in [0.1, 0.15) is 24.5 Å². The average molecular weight is 537 g/mol. The number of hydrogen-bond donors (Lipinski definition) is 1. The molecule has 178 valence electrons. The van der Waals surface area contributed by atoms with Crippen LogP contribution in [-0.2, 0) is 9.59 Å². The molecule has 9 heteroatoms. The Bertz CT molecular complexity index is 1270. The lowest BCUT2D eigenvalue weighted by atomic mass is 10.1. The highest BCUT2D eigenvalue weighted by molar-refractivity contribution is 9.10. The zero-order valence-corrected chi connectivity index (χ0v) is 20.3. The highest BCUT2D eigenvalue weighted by atomic mass is 79.9. The molecule has 0 saturated carbocycles. The number of barbiturate groups is 1. The number of hydrogen-bond acceptors (Lipinski definition) is 6. The summed E-state index contributed by atoms with van der Waals surface area (Å²) in [4.78, 5) is 38.7. The lowest BCUT2D eigenvalue weighted by molar-refractivity contribution is -0.122. The molecule has 8 nitrogen and oxygen atoms in total. The van der Waals surface area contributed by atoms with E-state index in [0.29, 0.717) is 29.4 Å². The number of urea groups is 1. The Morgan fingerprint density at radius 2 is 1.60 bits per heavy atom. The van der Waals surface area contributed by atoms with E-state index in [-0.39, 0.29) is 12.2 Å². The van der Waals surface area contributed by atoms with Gasteiger partial charge in [-0.2, -0.15) is 0 Å². The lowest BCUT2D eigenvalue weighted by Crippen LogP contribution is -2.54. The Labute approximate surface area is 210 Å². The molecule has 4 rings (SSSR count). The van der Waals surface area contributed by atoms with Crippen LogP contribution in [0.5, 0.6) is 17.2 Å². The van der Waals surface area contributed by atoms with Crippen LogP contribution in [0.2, 0.25) is 0 Å². The molecular weight excluding hydrogens is 516 g/mol. The van der Waals surface area contributed by atoms with Crippen LogP contribution in [0, 0.1) is 0 Å². The van der Waals surface area contributed by atoms with Crippen molar-refractivity contribution in [1.82, 2.24) is 5.32 Å². The molecule has 35 heavy (non-hydrogen) atoms. The van der Waals surface area contributed by atoms with Gasteiger partial charge < -0.3 is 14.2 Å². The zero-order valence-electron chi connectivity index (χ0n) is 18.7. The van der Waals surface area contributed by atoms with Crippen LogP contribution in [0.4, 0.5) is 10.5 Å². The minimum Gasteiger partial charge on any atom is -0.493 e. The minimum absolute atomic E-state index is 0.181. The van der Waals surface area contributed by atoms with Gasteiger partial charge in [-0.1, -0.05) is 40.2 Å². The number of nitrogens with zero attached hydrogens (tertiary/aromatic N) is 1. The van der Waals surface area contributed by atoms with Crippen LogP contribution in [-0.4, -0.2) is 38.2 Å². The molecule has 3 aromatic carbocycles. The Kier molecular flexibility index (Phi) is 7.47. The van der Waals surface area contributed by atoms with Crippen LogP contribution in [0.1, 0.15) is 5.56 Å². The third kappa shape index (κ3) is 5.70. The second-order valence-electron chi connectivity index (χ2n) is 7.35. The predicted octanol–water partition coefficient (Wildman–Crippen LogP) is 4.58. The van der Waals surface area contributed by atoms with Crippen LogP contribution < -0.4 is 24.4 Å². The summed E-state index contributed by atoms with van der Waals surface area (Å²) in [5.41, 5.74) is 0.686. The van der Waals surface area contributed by atoms with E-state index in [9.17, 15) is 14.4 Å². The van der Waals surface area contributed by atoms with Crippen LogP contribution in [0.3, 0.4) is 0 Å². The summed E-state index contributed by atoms with van der Waals surface area (Å²) in [5.74, 6) is 0.154. The highest BCUT2D eigenvalue weighted by Crippen LogP contribution is 2.30. The zero-order chi connectivity index (χ0) is 24.8. The molecule has 1 fully saturated rings. The molecule has 0 radical (unpaired) electrons. The molecule has 0 atom stereocenters. The van der Waals surface area contributed by atoms with Gasteiger partial charge in [-0.15, -0.1) is 0 Å². The van der Waals surface area contributed by atoms with E-state index in [1.807, 2.05) is 30.3 Å². The SMILES string of the molecule is COc1cc(/C=C2/C(=O)NC(=O)N(c3ccc(Br)cc3)C2=O)ccc1OCCOc1ccccc1. The third-order valence-electron chi connectivity index (χ3n) is 5.04. The number of imide groups is 2. The molecule has 0 unspecified atom stereocenters. The van der Waals surface area contributed by atoms with Gasteiger partial charge in [0.15, 0.2) is 11.5 Å². The van der Waals surface area contributed by atoms with E-state index in [1.54, 1.807) is 42.5 Å². The predicted molar refractivity (Wildman–Crippen MR) is 134 cm³/mol. The molecule has 1 aliphatic heterocycles. The number of halogens is 1. The molecule has 1 saturated heterocycles. The monoisotopic (exact) mass is 536 g/mol. The molecule has 0 spiro atoms. The van der Waals surface area contributed by atoms with Gasteiger partial charge in [0.05, 0.1) is 12.8 Å². The summed E-state index contributed by atoms with van der Waals surface area (Å²) in [7, 11) is 1.49. The van der Waals surface area contributed by atoms with Crippen molar-refractivity contribution in [2.45, 2.75) is 0 Å². The van der Waals surface area contributed by atoms with Gasteiger partial charge in [-0.3, -0.25) is 14.9 Å². The van der Waals surface area contributed by atoms with Crippen molar-refractivity contribution in [3.63, 3.8) is 0 Å². The molecule has 0 aromatic heterocycles. The summed E-state index contributed by atoms with van der Waals surface area (Å²) in [5, 5.41) is 2.21. The van der Waals surface area contributed by atoms with Crippen molar-refractivity contribution in [1.29, 1.82) is 0 Å². The van der Waals surface area contributed by atoms with Crippen molar-refractivity contribution >= 4 is 45.5 Å². The highest BCUT2D eigenvalue weighted by Gasteiger charge is 2.36. The molecule has 4 amide bonds. The quantitative estimate of drug-likeness (QED) is 0.257. The Morgan fingerprint density at radius 1 is 0.886 bits per heavy atom. The van der Waals surface area contributed by atoms with Crippen LogP contribution in [0.15, 0.2) is 82.8 Å². The number of ether oxygens (including phenoxy) is 3. The number of methoxy groups -OCH3 is 1. The van der Waals surface area contributed by atoms with Crippen LogP contribution in [0.25, 0.3) is 6.08 Å². The molecule has 0 aliphatic carbocycles. The maximum absolute atomic E-state index is 13.0. The standard InChI is InChI=1S/C26H21BrN2O6/c1-33-23-16-17(7-12-22(23)35-14-13-34-20-5-3-2-4-6-20)15-21-24(30)28-26(32)29(25(21)31)19-10-8-18(27)9-11-19/h2-12,15-16H,13-14H2,1H3,(H,28,30,32)/b21-15-. The van der Waals surface area contributed by atoms with Gasteiger partial charge in [0, 0.05) is 4.47 Å². The van der Waals surface area contributed by atoms with E-state index in [4.69, 9.17) is 14.2 Å². The first-order valence-electron chi connectivity index (χ1n) is 10.6. The lowest BCUT2D eigenvalue weighted by Gasteiger charge is -2.26.